The normalized spacial score (nSPS) is 13.6. The van der Waals surface area contributed by atoms with E-state index in [9.17, 15) is 8.42 Å². The van der Waals surface area contributed by atoms with Crippen LogP contribution in [0.25, 0.3) is 0 Å². The fourth-order valence-corrected chi connectivity index (χ4v) is 2.38. The second-order valence-electron chi connectivity index (χ2n) is 3.70. The molecule has 0 aliphatic rings. The highest BCUT2D eigenvalue weighted by atomic mass is 32.2. The van der Waals surface area contributed by atoms with E-state index in [1.165, 1.54) is 0 Å². The van der Waals surface area contributed by atoms with Crippen LogP contribution in [0.2, 0.25) is 0 Å². The van der Waals surface area contributed by atoms with Crippen molar-refractivity contribution < 1.29 is 13.5 Å². The number of hydrogen-bond donors (Lipinski definition) is 2. The Labute approximate surface area is 96.4 Å². The molecule has 0 aliphatic heterocycles. The van der Waals surface area contributed by atoms with Gasteiger partial charge in [0.25, 0.3) is 0 Å². The Morgan fingerprint density at radius 3 is 2.50 bits per heavy atom. The van der Waals surface area contributed by atoms with Crippen LogP contribution >= 0.6 is 0 Å². The van der Waals surface area contributed by atoms with Crippen LogP contribution < -0.4 is 4.72 Å². The van der Waals surface area contributed by atoms with E-state index < -0.39 is 10.0 Å². The maximum Gasteiger partial charge on any atom is 0.240 e. The topological polar surface area (TPSA) is 66.4 Å². The Kier molecular flexibility index (Phi) is 4.92. The highest BCUT2D eigenvalue weighted by Gasteiger charge is 2.11. The summed E-state index contributed by atoms with van der Waals surface area (Å²) in [5, 5.41) is 9.02. The zero-order valence-corrected chi connectivity index (χ0v) is 10.1. The first kappa shape index (κ1) is 13.2. The molecule has 5 heteroatoms. The fraction of sp³-hybridized carbons (Fsp3) is 0.455. The average Bonchev–Trinajstić information content (AvgIpc) is 2.26. The molecule has 16 heavy (non-hydrogen) atoms. The molecule has 1 aromatic rings. The number of aliphatic hydroxyl groups excluding tert-OH is 1. The van der Waals surface area contributed by atoms with Crippen LogP contribution in [0.15, 0.2) is 35.2 Å². The van der Waals surface area contributed by atoms with Gasteiger partial charge in [-0.15, -0.1) is 0 Å². The van der Waals surface area contributed by atoms with E-state index >= 15 is 0 Å². The molecule has 0 saturated carbocycles. The van der Waals surface area contributed by atoms with Gasteiger partial charge < -0.3 is 5.11 Å². The van der Waals surface area contributed by atoms with E-state index in [0.29, 0.717) is 19.4 Å². The number of hydrogen-bond acceptors (Lipinski definition) is 3. The predicted molar refractivity (Wildman–Crippen MR) is 62.5 cm³/mol. The van der Waals surface area contributed by atoms with Gasteiger partial charge in [0, 0.05) is 6.54 Å². The van der Waals surface area contributed by atoms with Crippen molar-refractivity contribution in [1.29, 1.82) is 0 Å². The molecule has 0 amide bonds. The summed E-state index contributed by atoms with van der Waals surface area (Å²) in [6.07, 6.45) is 0.836. The van der Waals surface area contributed by atoms with Gasteiger partial charge in [-0.25, -0.2) is 13.1 Å². The fourth-order valence-electron chi connectivity index (χ4n) is 1.29. The number of sulfonamides is 1. The monoisotopic (exact) mass is 243 g/mol. The van der Waals surface area contributed by atoms with Gasteiger partial charge in [-0.05, 0) is 31.9 Å². The molecule has 0 spiro atoms. The van der Waals surface area contributed by atoms with Crippen molar-refractivity contribution in [1.82, 2.24) is 4.72 Å². The summed E-state index contributed by atoms with van der Waals surface area (Å²) in [6.45, 7) is 2.04. The molecular formula is C11H17NO3S. The Balaban J connectivity index is 2.48. The van der Waals surface area contributed by atoms with E-state index in [1.54, 1.807) is 37.3 Å². The maximum absolute atomic E-state index is 11.7. The maximum atomic E-state index is 11.7. The molecule has 0 fully saturated rings. The molecule has 4 nitrogen and oxygen atoms in total. The van der Waals surface area contributed by atoms with Crippen molar-refractivity contribution in [2.45, 2.75) is 30.8 Å². The highest BCUT2D eigenvalue weighted by molar-refractivity contribution is 7.89. The average molecular weight is 243 g/mol. The molecule has 2 N–H and O–H groups in total. The molecule has 0 radical (unpaired) electrons. The van der Waals surface area contributed by atoms with E-state index in [4.69, 9.17) is 5.11 Å². The number of rotatable bonds is 6. The number of nitrogens with one attached hydrogen (secondary N) is 1. The van der Waals surface area contributed by atoms with Gasteiger partial charge in [-0.3, -0.25) is 0 Å². The smallest absolute Gasteiger partial charge is 0.240 e. The number of aliphatic hydroxyl groups is 1. The van der Waals surface area contributed by atoms with Gasteiger partial charge >= 0.3 is 0 Å². The quantitative estimate of drug-likeness (QED) is 0.736. The first-order chi connectivity index (χ1) is 7.52. The van der Waals surface area contributed by atoms with Gasteiger partial charge in [-0.2, -0.15) is 0 Å². The Hall–Kier alpha value is -0.910. The van der Waals surface area contributed by atoms with E-state index in [-0.39, 0.29) is 11.0 Å². The summed E-state index contributed by atoms with van der Waals surface area (Å²) in [4.78, 5) is 0.270. The Bertz CT molecular complexity index is 400. The summed E-state index contributed by atoms with van der Waals surface area (Å²) in [5.74, 6) is 0. The van der Waals surface area contributed by atoms with Gasteiger partial charge in [-0.1, -0.05) is 18.2 Å². The molecule has 0 aromatic heterocycles. The van der Waals surface area contributed by atoms with E-state index in [2.05, 4.69) is 4.72 Å². The minimum Gasteiger partial charge on any atom is -0.393 e. The van der Waals surface area contributed by atoms with Crippen molar-refractivity contribution in [2.24, 2.45) is 0 Å². The zero-order valence-electron chi connectivity index (χ0n) is 9.26. The molecular weight excluding hydrogens is 226 g/mol. The molecule has 1 rings (SSSR count). The summed E-state index contributed by atoms with van der Waals surface area (Å²) < 4.78 is 25.9. The van der Waals surface area contributed by atoms with Crippen molar-refractivity contribution in [3.05, 3.63) is 30.3 Å². The van der Waals surface area contributed by atoms with Gasteiger partial charge in [0.1, 0.15) is 0 Å². The standard InChI is InChI=1S/C11H17NO3S/c1-10(13)6-5-9-12-16(14,15)11-7-3-2-4-8-11/h2-4,7-8,10,12-13H,5-6,9H2,1H3. The van der Waals surface area contributed by atoms with E-state index in [1.807, 2.05) is 0 Å². The van der Waals surface area contributed by atoms with Gasteiger partial charge in [0.15, 0.2) is 0 Å². The largest absolute Gasteiger partial charge is 0.393 e. The number of benzene rings is 1. The van der Waals surface area contributed by atoms with Crippen LogP contribution in [0.5, 0.6) is 0 Å². The van der Waals surface area contributed by atoms with Crippen LogP contribution in [-0.4, -0.2) is 26.2 Å². The lowest BCUT2D eigenvalue weighted by atomic mass is 10.2. The third-order valence-corrected chi connectivity index (χ3v) is 3.62. The zero-order chi connectivity index (χ0) is 12.0. The minimum absolute atomic E-state index is 0.270. The molecule has 1 unspecified atom stereocenters. The molecule has 90 valence electrons. The summed E-state index contributed by atoms with van der Waals surface area (Å²) in [5.41, 5.74) is 0. The molecule has 1 aromatic carbocycles. The second-order valence-corrected chi connectivity index (χ2v) is 5.47. The molecule has 0 aliphatic carbocycles. The Morgan fingerprint density at radius 2 is 1.94 bits per heavy atom. The van der Waals surface area contributed by atoms with Crippen LogP contribution in [0.4, 0.5) is 0 Å². The molecule has 0 bridgehead atoms. The third-order valence-electron chi connectivity index (χ3n) is 2.14. The molecule has 1 atom stereocenters. The van der Waals surface area contributed by atoms with Gasteiger partial charge in [0.05, 0.1) is 11.0 Å². The van der Waals surface area contributed by atoms with Crippen LogP contribution in [0.1, 0.15) is 19.8 Å². The predicted octanol–water partition coefficient (Wildman–Crippen LogP) is 1.13. The SMILES string of the molecule is CC(O)CCCNS(=O)(=O)c1ccccc1. The first-order valence-electron chi connectivity index (χ1n) is 5.25. The van der Waals surface area contributed by atoms with Crippen molar-refractivity contribution in [2.75, 3.05) is 6.54 Å². The molecule has 0 saturated heterocycles. The minimum atomic E-state index is -3.39. The van der Waals surface area contributed by atoms with Crippen LogP contribution in [0, 0.1) is 0 Å². The van der Waals surface area contributed by atoms with Crippen molar-refractivity contribution in [3.8, 4) is 0 Å². The second kappa shape index (κ2) is 5.98. The van der Waals surface area contributed by atoms with Crippen LogP contribution in [-0.2, 0) is 10.0 Å². The van der Waals surface area contributed by atoms with Gasteiger partial charge in [0.2, 0.25) is 10.0 Å². The summed E-state index contributed by atoms with van der Waals surface area (Å²) in [6, 6.07) is 8.25. The molecule has 0 heterocycles. The lowest BCUT2D eigenvalue weighted by Crippen LogP contribution is -2.25. The van der Waals surface area contributed by atoms with Crippen LogP contribution in [0.3, 0.4) is 0 Å². The van der Waals surface area contributed by atoms with Crippen molar-refractivity contribution in [3.63, 3.8) is 0 Å². The van der Waals surface area contributed by atoms with Crippen molar-refractivity contribution >= 4 is 10.0 Å². The first-order valence-corrected chi connectivity index (χ1v) is 6.73. The van der Waals surface area contributed by atoms with E-state index in [0.717, 1.165) is 0 Å². The third kappa shape index (κ3) is 4.30. The summed E-state index contributed by atoms with van der Waals surface area (Å²) >= 11 is 0. The lowest BCUT2D eigenvalue weighted by Gasteiger charge is -2.07. The summed E-state index contributed by atoms with van der Waals surface area (Å²) in [7, 11) is -3.39. The lowest BCUT2D eigenvalue weighted by molar-refractivity contribution is 0.182. The highest BCUT2D eigenvalue weighted by Crippen LogP contribution is 2.07. The Morgan fingerprint density at radius 1 is 1.31 bits per heavy atom.